The van der Waals surface area contributed by atoms with Crippen LogP contribution in [-0.2, 0) is 11.3 Å². The number of amides is 1. The Balaban J connectivity index is 1.65. The van der Waals surface area contributed by atoms with Crippen LogP contribution in [0.3, 0.4) is 0 Å². The largest absolute Gasteiger partial charge is 0.420 e. The number of hydrogen-bond acceptors (Lipinski definition) is 6. The van der Waals surface area contributed by atoms with E-state index in [1.165, 1.54) is 11.5 Å². The second-order valence-corrected chi connectivity index (χ2v) is 6.15. The number of aromatic nitrogens is 3. The van der Waals surface area contributed by atoms with Crippen LogP contribution < -0.4 is 11.1 Å². The molecular weight excluding hydrogens is 348 g/mol. The summed E-state index contributed by atoms with van der Waals surface area (Å²) < 4.78 is 12.0. The molecule has 4 aromatic rings. The third-order valence-electron chi connectivity index (χ3n) is 4.14. The van der Waals surface area contributed by atoms with Gasteiger partial charge in [0.2, 0.25) is 5.91 Å². The summed E-state index contributed by atoms with van der Waals surface area (Å²) in [7, 11) is 0. The number of oxazole rings is 1. The minimum absolute atomic E-state index is 0.129. The third-order valence-corrected chi connectivity index (χ3v) is 4.14. The fourth-order valence-electron chi connectivity index (χ4n) is 2.82. The first-order valence-corrected chi connectivity index (χ1v) is 8.31. The smallest absolute Gasteiger partial charge is 0.408 e. The van der Waals surface area contributed by atoms with E-state index in [2.05, 4.69) is 15.5 Å². The topological polar surface area (TPSA) is 103 Å². The van der Waals surface area contributed by atoms with Crippen molar-refractivity contribution >= 4 is 22.7 Å². The number of aryl methyl sites for hydroxylation is 1. The van der Waals surface area contributed by atoms with E-state index in [0.717, 1.165) is 5.56 Å². The lowest BCUT2D eigenvalue weighted by Gasteiger charge is -2.07. The predicted molar refractivity (Wildman–Crippen MR) is 98.4 cm³/mol. The van der Waals surface area contributed by atoms with Crippen LogP contribution in [0.25, 0.3) is 22.6 Å². The molecule has 2 aromatic carbocycles. The number of anilines is 1. The van der Waals surface area contributed by atoms with Crippen molar-refractivity contribution in [2.45, 2.75) is 20.4 Å². The van der Waals surface area contributed by atoms with E-state index in [-0.39, 0.29) is 12.5 Å². The number of carbonyl (C=O) groups excluding carboxylic acids is 1. The van der Waals surface area contributed by atoms with Gasteiger partial charge in [0.15, 0.2) is 11.4 Å². The van der Waals surface area contributed by atoms with E-state index < -0.39 is 5.76 Å². The summed E-state index contributed by atoms with van der Waals surface area (Å²) >= 11 is 0. The number of fused-ring (bicyclic) bond motifs is 1. The Bertz CT molecular complexity index is 1200. The molecule has 4 rings (SSSR count). The predicted octanol–water partition coefficient (Wildman–Crippen LogP) is 2.96. The first kappa shape index (κ1) is 16.8. The molecule has 0 aliphatic heterocycles. The lowest BCUT2D eigenvalue weighted by atomic mass is 10.1. The van der Waals surface area contributed by atoms with Gasteiger partial charge in [-0.2, -0.15) is 4.98 Å². The summed E-state index contributed by atoms with van der Waals surface area (Å²) in [6, 6.07) is 12.6. The molecule has 0 saturated heterocycles. The summed E-state index contributed by atoms with van der Waals surface area (Å²) in [4.78, 5) is 27.8. The maximum atomic E-state index is 12.1. The van der Waals surface area contributed by atoms with Gasteiger partial charge in [0.25, 0.3) is 5.89 Å². The van der Waals surface area contributed by atoms with E-state index >= 15 is 0 Å². The number of hydrogen-bond donors (Lipinski definition) is 1. The van der Waals surface area contributed by atoms with E-state index in [4.69, 9.17) is 8.94 Å². The van der Waals surface area contributed by atoms with Crippen molar-refractivity contribution in [1.29, 1.82) is 0 Å². The molecule has 2 heterocycles. The Hall–Kier alpha value is -3.68. The Kier molecular flexibility index (Phi) is 4.08. The molecule has 8 heteroatoms. The molecule has 0 aliphatic rings. The van der Waals surface area contributed by atoms with Gasteiger partial charge < -0.3 is 14.3 Å². The Labute approximate surface area is 153 Å². The zero-order chi connectivity index (χ0) is 19.0. The van der Waals surface area contributed by atoms with Crippen molar-refractivity contribution in [2.24, 2.45) is 0 Å². The second-order valence-electron chi connectivity index (χ2n) is 6.15. The minimum Gasteiger partial charge on any atom is -0.408 e. The van der Waals surface area contributed by atoms with Crippen LogP contribution in [0.5, 0.6) is 0 Å². The zero-order valence-corrected chi connectivity index (χ0v) is 14.7. The highest BCUT2D eigenvalue weighted by molar-refractivity contribution is 5.90. The summed E-state index contributed by atoms with van der Waals surface area (Å²) in [6.07, 6.45) is 0. The van der Waals surface area contributed by atoms with Gasteiger partial charge in [-0.1, -0.05) is 23.4 Å². The van der Waals surface area contributed by atoms with Gasteiger partial charge in [-0.25, -0.2) is 4.79 Å². The van der Waals surface area contributed by atoms with Gasteiger partial charge in [-0.15, -0.1) is 0 Å². The monoisotopic (exact) mass is 364 g/mol. The molecule has 0 bridgehead atoms. The first-order chi connectivity index (χ1) is 13.0. The SMILES string of the molecule is CC(=O)Nc1cc(-c2nc(Cn3c(=O)oc4ccccc43)no2)ccc1C. The van der Waals surface area contributed by atoms with Gasteiger partial charge >= 0.3 is 5.76 Å². The van der Waals surface area contributed by atoms with Crippen LogP contribution in [0, 0.1) is 6.92 Å². The van der Waals surface area contributed by atoms with Crippen LogP contribution in [0.2, 0.25) is 0 Å². The maximum Gasteiger partial charge on any atom is 0.420 e. The fraction of sp³-hybridized carbons (Fsp3) is 0.158. The number of carbonyl (C=O) groups is 1. The molecule has 0 radical (unpaired) electrons. The molecule has 1 N–H and O–H groups in total. The molecule has 0 fully saturated rings. The molecule has 0 atom stereocenters. The van der Waals surface area contributed by atoms with Gasteiger partial charge in [-0.05, 0) is 36.8 Å². The molecule has 0 aliphatic carbocycles. The van der Waals surface area contributed by atoms with Crippen molar-refractivity contribution in [1.82, 2.24) is 14.7 Å². The zero-order valence-electron chi connectivity index (χ0n) is 14.7. The van der Waals surface area contributed by atoms with E-state index in [0.29, 0.717) is 34.1 Å². The molecule has 0 saturated carbocycles. The number of rotatable bonds is 4. The highest BCUT2D eigenvalue weighted by Gasteiger charge is 2.15. The van der Waals surface area contributed by atoms with Gasteiger partial charge in [0.05, 0.1) is 12.1 Å². The molecule has 1 amide bonds. The number of para-hydroxylation sites is 2. The van der Waals surface area contributed by atoms with Gasteiger partial charge in [0, 0.05) is 18.2 Å². The van der Waals surface area contributed by atoms with Crippen molar-refractivity contribution < 1.29 is 13.7 Å². The Morgan fingerprint density at radius 1 is 1.22 bits per heavy atom. The molecule has 2 aromatic heterocycles. The molecule has 27 heavy (non-hydrogen) atoms. The minimum atomic E-state index is -0.481. The van der Waals surface area contributed by atoms with Crippen molar-refractivity contribution in [2.75, 3.05) is 5.32 Å². The van der Waals surface area contributed by atoms with Crippen LogP contribution in [0.1, 0.15) is 18.3 Å². The van der Waals surface area contributed by atoms with Crippen LogP contribution in [0.4, 0.5) is 5.69 Å². The van der Waals surface area contributed by atoms with Crippen LogP contribution >= 0.6 is 0 Å². The normalized spacial score (nSPS) is 11.0. The van der Waals surface area contributed by atoms with Gasteiger partial charge in [0.1, 0.15) is 0 Å². The average Bonchev–Trinajstić information content (AvgIpc) is 3.22. The van der Waals surface area contributed by atoms with E-state index in [1.807, 2.05) is 25.1 Å². The number of benzene rings is 2. The standard InChI is InChI=1S/C19H16N4O4/c1-11-7-8-13(9-14(11)20-12(2)24)18-21-17(22-27-18)10-23-15-5-3-4-6-16(15)26-19(23)25/h3-9H,10H2,1-2H3,(H,20,24). The van der Waals surface area contributed by atoms with Crippen molar-refractivity contribution in [3.05, 3.63) is 64.4 Å². The van der Waals surface area contributed by atoms with Gasteiger partial charge in [-0.3, -0.25) is 9.36 Å². The summed E-state index contributed by atoms with van der Waals surface area (Å²) in [5, 5.41) is 6.72. The number of nitrogens with one attached hydrogen (secondary N) is 1. The fourth-order valence-corrected chi connectivity index (χ4v) is 2.82. The molecule has 0 spiro atoms. The maximum absolute atomic E-state index is 12.1. The summed E-state index contributed by atoms with van der Waals surface area (Å²) in [5.41, 5.74) is 3.44. The summed E-state index contributed by atoms with van der Waals surface area (Å²) in [6.45, 7) is 3.47. The first-order valence-electron chi connectivity index (χ1n) is 8.31. The second kappa shape index (κ2) is 6.56. The van der Waals surface area contributed by atoms with E-state index in [9.17, 15) is 9.59 Å². The Morgan fingerprint density at radius 3 is 2.85 bits per heavy atom. The molecule has 0 unspecified atom stereocenters. The number of nitrogens with zero attached hydrogens (tertiary/aromatic N) is 3. The third kappa shape index (κ3) is 3.24. The molecule has 136 valence electrons. The summed E-state index contributed by atoms with van der Waals surface area (Å²) in [5.74, 6) is 0.0104. The average molecular weight is 364 g/mol. The van der Waals surface area contributed by atoms with Crippen LogP contribution in [0.15, 0.2) is 56.2 Å². The molecule has 8 nitrogen and oxygen atoms in total. The lowest BCUT2D eigenvalue weighted by molar-refractivity contribution is -0.114. The van der Waals surface area contributed by atoms with Crippen molar-refractivity contribution in [3.8, 4) is 11.5 Å². The van der Waals surface area contributed by atoms with Crippen molar-refractivity contribution in [3.63, 3.8) is 0 Å². The quantitative estimate of drug-likeness (QED) is 0.597. The van der Waals surface area contributed by atoms with Crippen LogP contribution in [-0.4, -0.2) is 20.6 Å². The van der Waals surface area contributed by atoms with E-state index in [1.54, 1.807) is 24.3 Å². The highest BCUT2D eigenvalue weighted by Crippen LogP contribution is 2.24. The Morgan fingerprint density at radius 2 is 2.04 bits per heavy atom. The highest BCUT2D eigenvalue weighted by atomic mass is 16.5. The lowest BCUT2D eigenvalue weighted by Crippen LogP contribution is -2.15. The molecular formula is C19H16N4O4.